The second-order valence-electron chi connectivity index (χ2n) is 4.72. The number of aromatic carboxylic acids is 1. The number of nitrogens with two attached hydrogens (primary N) is 1. The topological polar surface area (TPSA) is 92.4 Å². The lowest BCUT2D eigenvalue weighted by Gasteiger charge is -2.15. The Hall–Kier alpha value is -1.15. The number of hydrogen-bond donors (Lipinski definition) is 3. The molecule has 1 amide bonds. The van der Waals surface area contributed by atoms with Gasteiger partial charge >= 0.3 is 5.97 Å². The van der Waals surface area contributed by atoms with Crippen LogP contribution in [0.1, 0.15) is 30.6 Å². The highest BCUT2D eigenvalue weighted by molar-refractivity contribution is 14.1. The van der Waals surface area contributed by atoms with Gasteiger partial charge in [0.05, 0.1) is 17.3 Å². The normalized spacial score (nSPS) is 12.3. The molecule has 0 bridgehead atoms. The molecule has 0 heterocycles. The predicted molar refractivity (Wildman–Crippen MR) is 82.2 cm³/mol. The van der Waals surface area contributed by atoms with Crippen molar-refractivity contribution >= 4 is 40.2 Å². The molecule has 4 N–H and O–H groups in total. The van der Waals surface area contributed by atoms with E-state index in [1.807, 2.05) is 36.4 Å². The van der Waals surface area contributed by atoms with Gasteiger partial charge in [0, 0.05) is 3.57 Å². The van der Waals surface area contributed by atoms with Crippen LogP contribution in [-0.2, 0) is 4.79 Å². The van der Waals surface area contributed by atoms with Crippen LogP contribution in [0.3, 0.4) is 0 Å². The van der Waals surface area contributed by atoms with Crippen molar-refractivity contribution in [3.63, 3.8) is 0 Å². The molecule has 0 aliphatic carbocycles. The van der Waals surface area contributed by atoms with Gasteiger partial charge in [-0.05, 0) is 53.1 Å². The van der Waals surface area contributed by atoms with Crippen LogP contribution in [0, 0.1) is 9.49 Å². The molecule has 5 nitrogen and oxygen atoms in total. The van der Waals surface area contributed by atoms with Crippen molar-refractivity contribution in [2.45, 2.75) is 26.3 Å². The molecule has 0 aromatic heterocycles. The molecule has 1 atom stereocenters. The molecule has 0 aliphatic rings. The molecular weight excluding hydrogens is 359 g/mol. The Balaban J connectivity index is 2.87. The number of hydrogen-bond acceptors (Lipinski definition) is 3. The molecule has 0 radical (unpaired) electrons. The van der Waals surface area contributed by atoms with Crippen LogP contribution in [0.2, 0.25) is 0 Å². The Labute approximate surface area is 125 Å². The van der Waals surface area contributed by atoms with Crippen molar-refractivity contribution in [2.24, 2.45) is 11.7 Å². The first-order valence-corrected chi connectivity index (χ1v) is 6.98. The van der Waals surface area contributed by atoms with Gasteiger partial charge < -0.3 is 16.2 Å². The van der Waals surface area contributed by atoms with Crippen molar-refractivity contribution in [1.29, 1.82) is 0 Å². The lowest BCUT2D eigenvalue weighted by Crippen LogP contribution is -2.37. The van der Waals surface area contributed by atoms with Gasteiger partial charge in [0.25, 0.3) is 0 Å². The molecular formula is C13H17IN2O3. The molecule has 19 heavy (non-hydrogen) atoms. The highest BCUT2D eigenvalue weighted by Crippen LogP contribution is 2.19. The summed E-state index contributed by atoms with van der Waals surface area (Å²) in [7, 11) is 0. The van der Waals surface area contributed by atoms with Crippen LogP contribution in [0.5, 0.6) is 0 Å². The molecule has 0 aliphatic heterocycles. The number of rotatable bonds is 5. The number of amides is 1. The minimum Gasteiger partial charge on any atom is -0.478 e. The Morgan fingerprint density at radius 2 is 2.05 bits per heavy atom. The SMILES string of the molecule is CC(C)C[C@@H](N)C(=O)Nc1ccc(I)cc1C(=O)O. The Morgan fingerprint density at radius 1 is 1.42 bits per heavy atom. The van der Waals surface area contributed by atoms with Crippen LogP contribution in [0.4, 0.5) is 5.69 Å². The van der Waals surface area contributed by atoms with Crippen LogP contribution in [0.15, 0.2) is 18.2 Å². The molecule has 0 spiro atoms. The first-order chi connectivity index (χ1) is 8.81. The van der Waals surface area contributed by atoms with Crippen molar-refractivity contribution in [3.8, 4) is 0 Å². The van der Waals surface area contributed by atoms with E-state index in [0.29, 0.717) is 12.3 Å². The van der Waals surface area contributed by atoms with Gasteiger partial charge in [-0.3, -0.25) is 4.79 Å². The second kappa shape index (κ2) is 6.85. The minimum absolute atomic E-state index is 0.0667. The summed E-state index contributed by atoms with van der Waals surface area (Å²) >= 11 is 2.02. The van der Waals surface area contributed by atoms with Gasteiger partial charge in [0.2, 0.25) is 5.91 Å². The maximum atomic E-state index is 11.9. The lowest BCUT2D eigenvalue weighted by molar-refractivity contribution is -0.117. The fraction of sp³-hybridized carbons (Fsp3) is 0.385. The first-order valence-electron chi connectivity index (χ1n) is 5.90. The van der Waals surface area contributed by atoms with Gasteiger partial charge in [0.15, 0.2) is 0 Å². The largest absolute Gasteiger partial charge is 0.478 e. The molecule has 6 heteroatoms. The van der Waals surface area contributed by atoms with E-state index < -0.39 is 12.0 Å². The van der Waals surface area contributed by atoms with Crippen molar-refractivity contribution < 1.29 is 14.7 Å². The number of carbonyl (C=O) groups is 2. The summed E-state index contributed by atoms with van der Waals surface area (Å²) in [4.78, 5) is 23.0. The monoisotopic (exact) mass is 376 g/mol. The number of carboxylic acid groups (broad SMARTS) is 1. The minimum atomic E-state index is -1.08. The van der Waals surface area contributed by atoms with Crippen LogP contribution in [-0.4, -0.2) is 23.0 Å². The molecule has 0 unspecified atom stereocenters. The van der Waals surface area contributed by atoms with E-state index in [9.17, 15) is 9.59 Å². The molecule has 1 aromatic rings. The number of benzene rings is 1. The molecule has 104 valence electrons. The molecule has 1 rings (SSSR count). The zero-order valence-corrected chi connectivity index (χ0v) is 13.0. The van der Waals surface area contributed by atoms with E-state index in [0.717, 1.165) is 3.57 Å². The van der Waals surface area contributed by atoms with Gasteiger partial charge in [-0.25, -0.2) is 4.79 Å². The summed E-state index contributed by atoms with van der Waals surface area (Å²) in [6, 6.07) is 4.18. The second-order valence-corrected chi connectivity index (χ2v) is 5.97. The van der Waals surface area contributed by atoms with E-state index in [1.165, 1.54) is 6.07 Å². The lowest BCUT2D eigenvalue weighted by atomic mass is 10.0. The molecule has 0 fully saturated rings. The zero-order chi connectivity index (χ0) is 14.6. The number of carboxylic acids is 1. The van der Waals surface area contributed by atoms with E-state index in [4.69, 9.17) is 10.8 Å². The predicted octanol–water partition coefficient (Wildman–Crippen LogP) is 2.30. The number of carbonyl (C=O) groups excluding carboxylic acids is 1. The third-order valence-electron chi connectivity index (χ3n) is 2.53. The first kappa shape index (κ1) is 15.9. The number of anilines is 1. The number of nitrogens with one attached hydrogen (secondary N) is 1. The summed E-state index contributed by atoms with van der Waals surface area (Å²) in [6.07, 6.45) is 0.554. The summed E-state index contributed by atoms with van der Waals surface area (Å²) in [5, 5.41) is 11.7. The van der Waals surface area contributed by atoms with Crippen molar-refractivity contribution in [3.05, 3.63) is 27.3 Å². The standard InChI is InChI=1S/C13H17IN2O3/c1-7(2)5-10(15)12(17)16-11-4-3-8(14)6-9(11)13(18)19/h3-4,6-7,10H,5,15H2,1-2H3,(H,16,17)(H,18,19)/t10-/m1/s1. The number of halogens is 1. The fourth-order valence-electron chi connectivity index (χ4n) is 1.64. The summed E-state index contributed by atoms with van der Waals surface area (Å²) in [6.45, 7) is 3.95. The maximum absolute atomic E-state index is 11.9. The maximum Gasteiger partial charge on any atom is 0.337 e. The zero-order valence-electron chi connectivity index (χ0n) is 10.8. The fourth-order valence-corrected chi connectivity index (χ4v) is 2.13. The van der Waals surface area contributed by atoms with Crippen molar-refractivity contribution in [1.82, 2.24) is 0 Å². The Bertz CT molecular complexity index is 489. The molecule has 0 saturated heterocycles. The quantitative estimate of drug-likeness (QED) is 0.688. The third-order valence-corrected chi connectivity index (χ3v) is 3.20. The van der Waals surface area contributed by atoms with Gasteiger partial charge in [0.1, 0.15) is 0 Å². The summed E-state index contributed by atoms with van der Waals surface area (Å²) in [5.41, 5.74) is 6.10. The highest BCUT2D eigenvalue weighted by Gasteiger charge is 2.18. The van der Waals surface area contributed by atoms with Crippen LogP contribution in [0.25, 0.3) is 0 Å². The Kier molecular flexibility index (Phi) is 5.74. The molecule has 0 saturated carbocycles. The van der Waals surface area contributed by atoms with Crippen molar-refractivity contribution in [2.75, 3.05) is 5.32 Å². The third kappa shape index (κ3) is 4.79. The summed E-state index contributed by atoms with van der Waals surface area (Å²) < 4.78 is 0.791. The van der Waals surface area contributed by atoms with E-state index in [2.05, 4.69) is 5.32 Å². The van der Waals surface area contributed by atoms with E-state index in [-0.39, 0.29) is 17.2 Å². The Morgan fingerprint density at radius 3 is 2.58 bits per heavy atom. The van der Waals surface area contributed by atoms with Gasteiger partial charge in [-0.15, -0.1) is 0 Å². The van der Waals surface area contributed by atoms with Crippen LogP contribution < -0.4 is 11.1 Å². The smallest absolute Gasteiger partial charge is 0.337 e. The summed E-state index contributed by atoms with van der Waals surface area (Å²) in [5.74, 6) is -1.14. The average Bonchev–Trinajstić information content (AvgIpc) is 2.30. The van der Waals surface area contributed by atoms with Gasteiger partial charge in [-0.2, -0.15) is 0 Å². The molecule has 1 aromatic carbocycles. The van der Waals surface area contributed by atoms with E-state index in [1.54, 1.807) is 12.1 Å². The highest BCUT2D eigenvalue weighted by atomic mass is 127. The average molecular weight is 376 g/mol. The van der Waals surface area contributed by atoms with Crippen LogP contribution >= 0.6 is 22.6 Å². The van der Waals surface area contributed by atoms with Gasteiger partial charge in [-0.1, -0.05) is 13.8 Å². The van der Waals surface area contributed by atoms with E-state index >= 15 is 0 Å².